The van der Waals surface area contributed by atoms with Crippen LogP contribution in [0.5, 0.6) is 0 Å². The molecular formula is C18H20O2. The summed E-state index contributed by atoms with van der Waals surface area (Å²) < 4.78 is 0. The summed E-state index contributed by atoms with van der Waals surface area (Å²) in [4.78, 5) is 12.7. The molecule has 0 spiro atoms. The molecule has 2 heteroatoms. The van der Waals surface area contributed by atoms with Crippen LogP contribution in [0.15, 0.2) is 42.5 Å². The van der Waals surface area contributed by atoms with Crippen molar-refractivity contribution in [2.24, 2.45) is 5.92 Å². The van der Waals surface area contributed by atoms with Crippen molar-refractivity contribution in [3.8, 4) is 0 Å². The molecule has 104 valence electrons. The third-order valence-electron chi connectivity index (χ3n) is 4.53. The molecule has 1 fully saturated rings. The van der Waals surface area contributed by atoms with Crippen LogP contribution in [0.2, 0.25) is 0 Å². The molecule has 0 aliphatic heterocycles. The zero-order valence-electron chi connectivity index (χ0n) is 11.8. The maximum atomic E-state index is 12.7. The Labute approximate surface area is 119 Å². The van der Waals surface area contributed by atoms with Crippen LogP contribution in [0.3, 0.4) is 0 Å². The van der Waals surface area contributed by atoms with Gasteiger partial charge in [-0.05, 0) is 36.6 Å². The number of ketones is 1. The van der Waals surface area contributed by atoms with E-state index in [1.165, 1.54) is 0 Å². The van der Waals surface area contributed by atoms with E-state index in [4.69, 9.17) is 0 Å². The molecular weight excluding hydrogens is 248 g/mol. The van der Waals surface area contributed by atoms with Crippen LogP contribution < -0.4 is 0 Å². The number of rotatable bonds is 2. The molecule has 0 amide bonds. The minimum absolute atomic E-state index is 0.0838. The molecule has 1 N–H and O–H groups in total. The van der Waals surface area contributed by atoms with E-state index < -0.39 is 5.60 Å². The quantitative estimate of drug-likeness (QED) is 0.837. The molecule has 1 saturated carbocycles. The Morgan fingerprint density at radius 3 is 2.65 bits per heavy atom. The van der Waals surface area contributed by atoms with Crippen molar-refractivity contribution in [3.63, 3.8) is 0 Å². The first-order valence-corrected chi connectivity index (χ1v) is 7.33. The SMILES string of the molecule is C[C@@]1(O)CCCC[C@@H]1C(=O)c1ccc2ccccc2c1. The van der Waals surface area contributed by atoms with Gasteiger partial charge in [0.05, 0.1) is 11.5 Å². The fourth-order valence-corrected chi connectivity index (χ4v) is 3.27. The zero-order valence-corrected chi connectivity index (χ0v) is 11.8. The standard InChI is InChI=1S/C18H20O2/c1-18(20)11-5-4-8-16(18)17(19)15-10-9-13-6-2-3-7-14(13)12-15/h2-3,6-7,9-10,12,16,20H,4-5,8,11H2,1H3/t16-,18-/m1/s1. The largest absolute Gasteiger partial charge is 0.389 e. The molecule has 0 radical (unpaired) electrons. The number of hydrogen-bond acceptors (Lipinski definition) is 2. The highest BCUT2D eigenvalue weighted by atomic mass is 16.3. The molecule has 2 atom stereocenters. The second-order valence-electron chi connectivity index (χ2n) is 6.08. The lowest BCUT2D eigenvalue weighted by Crippen LogP contribution is -2.42. The smallest absolute Gasteiger partial charge is 0.168 e. The van der Waals surface area contributed by atoms with Crippen LogP contribution >= 0.6 is 0 Å². The first-order valence-electron chi connectivity index (χ1n) is 7.33. The van der Waals surface area contributed by atoms with E-state index in [9.17, 15) is 9.90 Å². The summed E-state index contributed by atoms with van der Waals surface area (Å²) in [5.41, 5.74) is -0.142. The van der Waals surface area contributed by atoms with E-state index in [1.54, 1.807) is 6.92 Å². The molecule has 0 heterocycles. The molecule has 0 unspecified atom stereocenters. The monoisotopic (exact) mass is 268 g/mol. The average molecular weight is 268 g/mol. The Morgan fingerprint density at radius 2 is 1.90 bits per heavy atom. The van der Waals surface area contributed by atoms with E-state index >= 15 is 0 Å². The molecule has 1 aliphatic carbocycles. The summed E-state index contributed by atoms with van der Waals surface area (Å²) in [5.74, 6) is -0.183. The molecule has 20 heavy (non-hydrogen) atoms. The van der Waals surface area contributed by atoms with Gasteiger partial charge in [0.25, 0.3) is 0 Å². The minimum Gasteiger partial charge on any atom is -0.389 e. The van der Waals surface area contributed by atoms with Crippen LogP contribution in [0.1, 0.15) is 43.0 Å². The topological polar surface area (TPSA) is 37.3 Å². The van der Waals surface area contributed by atoms with Gasteiger partial charge in [0.15, 0.2) is 5.78 Å². The third-order valence-corrected chi connectivity index (χ3v) is 4.53. The van der Waals surface area contributed by atoms with Gasteiger partial charge >= 0.3 is 0 Å². The van der Waals surface area contributed by atoms with Crippen molar-refractivity contribution in [1.82, 2.24) is 0 Å². The van der Waals surface area contributed by atoms with Crippen molar-refractivity contribution < 1.29 is 9.90 Å². The average Bonchev–Trinajstić information content (AvgIpc) is 2.45. The van der Waals surface area contributed by atoms with Crippen LogP contribution in [0.4, 0.5) is 0 Å². The number of fused-ring (bicyclic) bond motifs is 1. The van der Waals surface area contributed by atoms with Gasteiger partial charge in [-0.1, -0.05) is 49.2 Å². The molecule has 0 saturated heterocycles. The van der Waals surface area contributed by atoms with E-state index in [1.807, 2.05) is 42.5 Å². The molecule has 2 nitrogen and oxygen atoms in total. The highest BCUT2D eigenvalue weighted by molar-refractivity contribution is 6.01. The van der Waals surface area contributed by atoms with Gasteiger partial charge < -0.3 is 5.11 Å². The Hall–Kier alpha value is -1.67. The van der Waals surface area contributed by atoms with E-state index in [0.29, 0.717) is 0 Å². The number of benzene rings is 2. The van der Waals surface area contributed by atoms with E-state index in [0.717, 1.165) is 42.0 Å². The van der Waals surface area contributed by atoms with Gasteiger partial charge in [-0.15, -0.1) is 0 Å². The molecule has 0 bridgehead atoms. The zero-order chi connectivity index (χ0) is 14.2. The molecule has 1 aliphatic rings. The van der Waals surface area contributed by atoms with Gasteiger partial charge in [0, 0.05) is 5.56 Å². The summed E-state index contributed by atoms with van der Waals surface area (Å²) in [6, 6.07) is 13.9. The van der Waals surface area contributed by atoms with Crippen molar-refractivity contribution in [2.75, 3.05) is 0 Å². The highest BCUT2D eigenvalue weighted by Gasteiger charge is 2.39. The third kappa shape index (κ3) is 2.36. The normalized spacial score (nSPS) is 26.6. The lowest BCUT2D eigenvalue weighted by atomic mass is 9.73. The molecule has 2 aromatic rings. The summed E-state index contributed by atoms with van der Waals surface area (Å²) in [6.07, 6.45) is 3.55. The second-order valence-corrected chi connectivity index (χ2v) is 6.08. The van der Waals surface area contributed by atoms with Gasteiger partial charge in [-0.2, -0.15) is 0 Å². The number of aliphatic hydroxyl groups is 1. The number of Topliss-reactive ketones (excluding diaryl/α,β-unsaturated/α-hetero) is 1. The van der Waals surface area contributed by atoms with Gasteiger partial charge in [-0.25, -0.2) is 0 Å². The van der Waals surface area contributed by atoms with Crippen LogP contribution in [0, 0.1) is 5.92 Å². The number of hydrogen-bond donors (Lipinski definition) is 1. The van der Waals surface area contributed by atoms with E-state index in [-0.39, 0.29) is 11.7 Å². The Balaban J connectivity index is 1.95. The van der Waals surface area contributed by atoms with Crippen LogP contribution in [0.25, 0.3) is 10.8 Å². The number of carbonyl (C=O) groups is 1. The summed E-state index contributed by atoms with van der Waals surface area (Å²) in [5, 5.41) is 12.7. The van der Waals surface area contributed by atoms with Gasteiger partial charge in [-0.3, -0.25) is 4.79 Å². The van der Waals surface area contributed by atoms with Crippen molar-refractivity contribution >= 4 is 16.6 Å². The molecule has 3 rings (SSSR count). The first-order chi connectivity index (χ1) is 9.58. The predicted molar refractivity (Wildman–Crippen MR) is 80.9 cm³/mol. The van der Waals surface area contributed by atoms with Gasteiger partial charge in [0.1, 0.15) is 0 Å². The Bertz CT molecular complexity index is 643. The summed E-state index contributed by atoms with van der Waals surface area (Å²) >= 11 is 0. The van der Waals surface area contributed by atoms with Crippen LogP contribution in [-0.4, -0.2) is 16.5 Å². The van der Waals surface area contributed by atoms with Crippen molar-refractivity contribution in [1.29, 1.82) is 0 Å². The second kappa shape index (κ2) is 5.02. The fraction of sp³-hybridized carbons (Fsp3) is 0.389. The van der Waals surface area contributed by atoms with Crippen molar-refractivity contribution in [3.05, 3.63) is 48.0 Å². The van der Waals surface area contributed by atoms with E-state index in [2.05, 4.69) is 0 Å². The highest BCUT2D eigenvalue weighted by Crippen LogP contribution is 2.36. The molecule has 0 aromatic heterocycles. The Morgan fingerprint density at radius 1 is 1.15 bits per heavy atom. The lowest BCUT2D eigenvalue weighted by Gasteiger charge is -2.36. The first kappa shape index (κ1) is 13.3. The maximum absolute atomic E-state index is 12.7. The summed E-state index contributed by atoms with van der Waals surface area (Å²) in [6.45, 7) is 1.80. The minimum atomic E-state index is -0.860. The van der Waals surface area contributed by atoms with Crippen LogP contribution in [-0.2, 0) is 0 Å². The maximum Gasteiger partial charge on any atom is 0.168 e. The Kier molecular flexibility index (Phi) is 3.35. The van der Waals surface area contributed by atoms with Gasteiger partial charge in [0.2, 0.25) is 0 Å². The lowest BCUT2D eigenvalue weighted by molar-refractivity contribution is -0.0211. The predicted octanol–water partition coefficient (Wildman–Crippen LogP) is 3.96. The van der Waals surface area contributed by atoms with Crippen molar-refractivity contribution in [2.45, 2.75) is 38.2 Å². The fourth-order valence-electron chi connectivity index (χ4n) is 3.27. The summed E-state index contributed by atoms with van der Waals surface area (Å²) in [7, 11) is 0. The number of carbonyl (C=O) groups excluding carboxylic acids is 1. The molecule has 2 aromatic carbocycles.